The summed E-state index contributed by atoms with van der Waals surface area (Å²) in [6.07, 6.45) is 0.315. The van der Waals surface area contributed by atoms with Crippen LogP contribution in [0.4, 0.5) is 0 Å². The van der Waals surface area contributed by atoms with Gasteiger partial charge in [-0.25, -0.2) is 0 Å². The molecule has 0 aliphatic carbocycles. The maximum absolute atomic E-state index is 9.90. The molecule has 1 rings (SSSR count). The molecule has 2 unspecified atom stereocenters. The average molecular weight is 274 g/mol. The van der Waals surface area contributed by atoms with Gasteiger partial charge in [-0.2, -0.15) is 0 Å². The predicted molar refractivity (Wildman–Crippen MR) is 60.5 cm³/mol. The standard InChI is InChI=1S/C10H19AsN2O2/c1-5-6(11)7(14)8-12-9(15-13-8)10(2,3)4/h6-7,14H,5,11H2,1-4H3/t6-,7?/m0/s1. The number of hydrogen-bond donors (Lipinski definition) is 1. The van der Waals surface area contributed by atoms with Crippen LogP contribution in [0.25, 0.3) is 0 Å². The van der Waals surface area contributed by atoms with Crippen molar-refractivity contribution in [1.82, 2.24) is 10.1 Å². The monoisotopic (exact) mass is 274 g/mol. The molecule has 0 fully saturated rings. The Labute approximate surface area is 99.0 Å². The maximum atomic E-state index is 9.90. The first-order valence-electron chi connectivity index (χ1n) is 5.14. The number of nitrogens with zero attached hydrogens (tertiary/aromatic N) is 2. The van der Waals surface area contributed by atoms with Crippen LogP contribution in [0.15, 0.2) is 4.52 Å². The minimum absolute atomic E-state index is 0.161. The van der Waals surface area contributed by atoms with Gasteiger partial charge in [-0.3, -0.25) is 0 Å². The normalized spacial score (nSPS) is 16.4. The Morgan fingerprint density at radius 2 is 2.07 bits per heavy atom. The summed E-state index contributed by atoms with van der Waals surface area (Å²) in [6.45, 7) is 8.05. The molecule has 1 aromatic rings. The first-order chi connectivity index (χ1) is 6.86. The van der Waals surface area contributed by atoms with Gasteiger partial charge in [-0.1, -0.05) is 0 Å². The average Bonchev–Trinajstić information content (AvgIpc) is 2.63. The number of aromatic nitrogens is 2. The molecule has 15 heavy (non-hydrogen) atoms. The van der Waals surface area contributed by atoms with E-state index in [1.165, 1.54) is 16.9 Å². The number of hydrogen-bond acceptors (Lipinski definition) is 4. The van der Waals surface area contributed by atoms with E-state index in [0.29, 0.717) is 11.7 Å². The van der Waals surface area contributed by atoms with Gasteiger partial charge >= 0.3 is 98.7 Å². The van der Waals surface area contributed by atoms with Crippen molar-refractivity contribution in [1.29, 1.82) is 0 Å². The molecular formula is C10H19AsN2O2. The molecule has 0 aromatic carbocycles. The summed E-state index contributed by atoms with van der Waals surface area (Å²) in [5.74, 6) is 0.989. The Balaban J connectivity index is 2.85. The molecule has 0 amide bonds. The van der Waals surface area contributed by atoms with Gasteiger partial charge in [-0.05, 0) is 0 Å². The van der Waals surface area contributed by atoms with Gasteiger partial charge in [-0.15, -0.1) is 0 Å². The molecule has 0 aliphatic rings. The second-order valence-corrected chi connectivity index (χ2v) is 6.52. The van der Waals surface area contributed by atoms with E-state index in [0.717, 1.165) is 6.42 Å². The fraction of sp³-hybridized carbons (Fsp3) is 0.800. The van der Waals surface area contributed by atoms with Crippen LogP contribution in [0.3, 0.4) is 0 Å². The molecule has 1 N–H and O–H groups in total. The van der Waals surface area contributed by atoms with Crippen LogP contribution in [0.1, 0.15) is 51.9 Å². The SMILES string of the molecule is CC[C@H]([AsH2])C(O)c1noc(C(C)(C)C)n1. The fourth-order valence-electron chi connectivity index (χ4n) is 1.07. The molecule has 1 heterocycles. The van der Waals surface area contributed by atoms with Crippen molar-refractivity contribution >= 4 is 16.9 Å². The second-order valence-electron chi connectivity index (χ2n) is 4.72. The van der Waals surface area contributed by atoms with Crippen molar-refractivity contribution in [2.45, 2.75) is 50.3 Å². The van der Waals surface area contributed by atoms with Gasteiger partial charge in [0.25, 0.3) is 0 Å². The van der Waals surface area contributed by atoms with Crippen LogP contribution in [0.2, 0.25) is 4.71 Å². The van der Waals surface area contributed by atoms with E-state index in [4.69, 9.17) is 4.52 Å². The summed E-state index contributed by atoms with van der Waals surface area (Å²) in [7, 11) is 0. The van der Waals surface area contributed by atoms with Gasteiger partial charge in [0.15, 0.2) is 0 Å². The summed E-state index contributed by atoms with van der Waals surface area (Å²) in [5.41, 5.74) is -0.161. The molecule has 0 saturated carbocycles. The molecule has 5 heteroatoms. The Bertz CT molecular complexity index is 319. The van der Waals surface area contributed by atoms with E-state index in [1.807, 2.05) is 27.7 Å². The van der Waals surface area contributed by atoms with Gasteiger partial charge in [0.2, 0.25) is 0 Å². The molecule has 4 nitrogen and oxygen atoms in total. The number of aliphatic hydroxyl groups is 1. The van der Waals surface area contributed by atoms with Gasteiger partial charge < -0.3 is 0 Å². The van der Waals surface area contributed by atoms with Crippen LogP contribution in [0.5, 0.6) is 0 Å². The summed E-state index contributed by atoms with van der Waals surface area (Å²) < 4.78 is 5.34. The molecule has 1 aromatic heterocycles. The van der Waals surface area contributed by atoms with E-state index in [9.17, 15) is 5.11 Å². The van der Waals surface area contributed by atoms with Crippen molar-refractivity contribution in [2.24, 2.45) is 0 Å². The topological polar surface area (TPSA) is 59.2 Å². The molecule has 0 aliphatic heterocycles. The van der Waals surface area contributed by atoms with Gasteiger partial charge in [0.05, 0.1) is 0 Å². The zero-order chi connectivity index (χ0) is 11.6. The van der Waals surface area contributed by atoms with Gasteiger partial charge in [0.1, 0.15) is 0 Å². The van der Waals surface area contributed by atoms with E-state index < -0.39 is 6.10 Å². The zero-order valence-electron chi connectivity index (χ0n) is 9.69. The molecule has 0 bridgehead atoms. The van der Waals surface area contributed by atoms with E-state index in [-0.39, 0.29) is 10.1 Å². The second kappa shape index (κ2) is 4.67. The Kier molecular flexibility index (Phi) is 3.96. The summed E-state index contributed by atoms with van der Waals surface area (Å²) >= 11 is 1.50. The summed E-state index contributed by atoms with van der Waals surface area (Å²) in [6, 6.07) is 0. The third-order valence-electron chi connectivity index (χ3n) is 2.22. The molecule has 0 radical (unpaired) electrons. The zero-order valence-corrected chi connectivity index (χ0v) is 12.1. The predicted octanol–water partition coefficient (Wildman–Crippen LogP) is 1.23. The molecule has 3 atom stereocenters. The third-order valence-corrected chi connectivity index (χ3v) is 3.98. The summed E-state index contributed by atoms with van der Waals surface area (Å²) in [5, 5.41) is 13.7. The van der Waals surface area contributed by atoms with E-state index in [2.05, 4.69) is 10.1 Å². The van der Waals surface area contributed by atoms with Crippen LogP contribution in [0, 0.1) is 0 Å². The Morgan fingerprint density at radius 1 is 1.47 bits per heavy atom. The quantitative estimate of drug-likeness (QED) is 0.842. The molecule has 86 valence electrons. The van der Waals surface area contributed by atoms with Crippen molar-refractivity contribution in [3.63, 3.8) is 0 Å². The molecule has 0 saturated heterocycles. The minimum atomic E-state index is -0.602. The van der Waals surface area contributed by atoms with Crippen molar-refractivity contribution in [3.05, 3.63) is 11.7 Å². The molecule has 0 spiro atoms. The van der Waals surface area contributed by atoms with Crippen molar-refractivity contribution in [2.75, 3.05) is 0 Å². The van der Waals surface area contributed by atoms with E-state index in [1.54, 1.807) is 0 Å². The van der Waals surface area contributed by atoms with Crippen LogP contribution < -0.4 is 0 Å². The number of aliphatic hydroxyl groups excluding tert-OH is 1. The molecular weight excluding hydrogens is 255 g/mol. The van der Waals surface area contributed by atoms with Crippen LogP contribution in [-0.2, 0) is 5.41 Å². The Morgan fingerprint density at radius 3 is 2.47 bits per heavy atom. The third kappa shape index (κ3) is 3.05. The van der Waals surface area contributed by atoms with Crippen molar-refractivity contribution in [3.8, 4) is 0 Å². The Hall–Kier alpha value is -0.342. The first kappa shape index (κ1) is 12.7. The first-order valence-corrected chi connectivity index (χ1v) is 6.54. The van der Waals surface area contributed by atoms with E-state index >= 15 is 0 Å². The number of rotatable bonds is 3. The van der Waals surface area contributed by atoms with Crippen LogP contribution >= 0.6 is 0 Å². The van der Waals surface area contributed by atoms with Crippen LogP contribution in [-0.4, -0.2) is 32.1 Å². The van der Waals surface area contributed by atoms with Gasteiger partial charge in [0, 0.05) is 0 Å². The summed E-state index contributed by atoms with van der Waals surface area (Å²) in [4.78, 5) is 4.23. The van der Waals surface area contributed by atoms with Crippen molar-refractivity contribution < 1.29 is 9.63 Å². The fourth-order valence-corrected chi connectivity index (χ4v) is 1.44.